The van der Waals surface area contributed by atoms with Gasteiger partial charge in [-0.3, -0.25) is 4.79 Å². The molecule has 0 saturated heterocycles. The number of methoxy groups -OCH3 is 1. The van der Waals surface area contributed by atoms with Gasteiger partial charge in [0.25, 0.3) is 5.91 Å². The summed E-state index contributed by atoms with van der Waals surface area (Å²) >= 11 is 0. The van der Waals surface area contributed by atoms with Gasteiger partial charge in [0.2, 0.25) is 0 Å². The van der Waals surface area contributed by atoms with Crippen molar-refractivity contribution < 1.29 is 9.53 Å². The van der Waals surface area contributed by atoms with Gasteiger partial charge in [0.1, 0.15) is 5.75 Å². The first-order valence-electron chi connectivity index (χ1n) is 11.1. The van der Waals surface area contributed by atoms with Crippen LogP contribution in [0.25, 0.3) is 0 Å². The van der Waals surface area contributed by atoms with E-state index >= 15 is 0 Å². The fourth-order valence-electron chi connectivity index (χ4n) is 3.74. The molecule has 2 N–H and O–H groups in total. The Hall–Kier alpha value is -3.89. The van der Waals surface area contributed by atoms with E-state index in [9.17, 15) is 4.79 Å². The van der Waals surface area contributed by atoms with Crippen molar-refractivity contribution in [1.82, 2.24) is 5.32 Å². The first-order chi connectivity index (χ1) is 16.2. The lowest BCUT2D eigenvalue weighted by Gasteiger charge is -2.20. The molecule has 33 heavy (non-hydrogen) atoms. The maximum Gasteiger partial charge on any atom is 0.255 e. The molecule has 0 aliphatic rings. The molecule has 1 atom stereocenters. The summed E-state index contributed by atoms with van der Waals surface area (Å²) in [4.78, 5) is 12.6. The summed E-state index contributed by atoms with van der Waals surface area (Å²) in [5.41, 5.74) is 5.04. The Bertz CT molecular complexity index is 1140. The third-order valence-corrected chi connectivity index (χ3v) is 5.60. The van der Waals surface area contributed by atoms with Crippen LogP contribution in [0.2, 0.25) is 0 Å². The molecular weight excluding hydrogens is 408 g/mol. The normalized spacial score (nSPS) is 11.5. The van der Waals surface area contributed by atoms with E-state index in [1.807, 2.05) is 60.7 Å². The Morgan fingerprint density at radius 3 is 2.03 bits per heavy atom. The average Bonchev–Trinajstić information content (AvgIpc) is 2.88. The van der Waals surface area contributed by atoms with E-state index in [0.717, 1.165) is 23.4 Å². The molecule has 0 aromatic heterocycles. The van der Waals surface area contributed by atoms with Gasteiger partial charge in [-0.1, -0.05) is 72.8 Å². The summed E-state index contributed by atoms with van der Waals surface area (Å²) in [7, 11) is 1.62. The molecule has 0 fully saturated rings. The zero-order valence-electron chi connectivity index (χ0n) is 18.7. The summed E-state index contributed by atoms with van der Waals surface area (Å²) in [5, 5.41) is 6.61. The van der Waals surface area contributed by atoms with Crippen molar-refractivity contribution in [3.05, 3.63) is 131 Å². The number of hydrogen-bond donors (Lipinski definition) is 2. The minimum atomic E-state index is -0.133. The number of hydrogen-bond acceptors (Lipinski definition) is 3. The summed E-state index contributed by atoms with van der Waals surface area (Å²) in [6.07, 6.45) is 0.910. The van der Waals surface area contributed by atoms with Gasteiger partial charge in [-0.2, -0.15) is 0 Å². The van der Waals surface area contributed by atoms with E-state index in [-0.39, 0.29) is 11.9 Å². The quantitative estimate of drug-likeness (QED) is 0.337. The van der Waals surface area contributed by atoms with Crippen LogP contribution in [-0.2, 0) is 13.0 Å². The summed E-state index contributed by atoms with van der Waals surface area (Å²) in [6, 6.07) is 36.3. The SMILES string of the molecule is COc1ccc(NC(=O)c2ccc(CNC(Cc3ccccc3)c3ccccc3)cc2)cc1. The highest BCUT2D eigenvalue weighted by molar-refractivity contribution is 6.04. The van der Waals surface area contributed by atoms with Crippen molar-refractivity contribution >= 4 is 11.6 Å². The van der Waals surface area contributed by atoms with Crippen molar-refractivity contribution in [3.63, 3.8) is 0 Å². The van der Waals surface area contributed by atoms with Gasteiger partial charge in [0.05, 0.1) is 7.11 Å². The van der Waals surface area contributed by atoms with E-state index in [1.165, 1.54) is 11.1 Å². The number of rotatable bonds is 9. The van der Waals surface area contributed by atoms with Gasteiger partial charge in [-0.25, -0.2) is 0 Å². The second-order valence-electron chi connectivity index (χ2n) is 7.91. The Labute approximate surface area is 195 Å². The number of carbonyl (C=O) groups excluding carboxylic acids is 1. The third kappa shape index (κ3) is 6.31. The molecule has 0 spiro atoms. The summed E-state index contributed by atoms with van der Waals surface area (Å²) in [6.45, 7) is 0.715. The lowest BCUT2D eigenvalue weighted by atomic mass is 9.98. The fraction of sp³-hybridized carbons (Fsp3) is 0.138. The van der Waals surface area contributed by atoms with Crippen LogP contribution in [0.5, 0.6) is 5.75 Å². The highest BCUT2D eigenvalue weighted by Crippen LogP contribution is 2.20. The lowest BCUT2D eigenvalue weighted by Crippen LogP contribution is -2.23. The number of amides is 1. The fourth-order valence-corrected chi connectivity index (χ4v) is 3.74. The van der Waals surface area contributed by atoms with E-state index in [4.69, 9.17) is 4.74 Å². The molecule has 1 unspecified atom stereocenters. The van der Waals surface area contributed by atoms with Crippen molar-refractivity contribution in [3.8, 4) is 5.75 Å². The minimum Gasteiger partial charge on any atom is -0.497 e. The molecule has 4 aromatic rings. The van der Waals surface area contributed by atoms with Crippen LogP contribution in [0.1, 0.15) is 33.1 Å². The third-order valence-electron chi connectivity index (χ3n) is 5.60. The number of benzene rings is 4. The molecule has 4 nitrogen and oxygen atoms in total. The molecule has 4 aromatic carbocycles. The van der Waals surface area contributed by atoms with Crippen molar-refractivity contribution in [2.75, 3.05) is 12.4 Å². The highest BCUT2D eigenvalue weighted by Gasteiger charge is 2.12. The zero-order chi connectivity index (χ0) is 22.9. The Morgan fingerprint density at radius 1 is 0.758 bits per heavy atom. The zero-order valence-corrected chi connectivity index (χ0v) is 18.7. The van der Waals surface area contributed by atoms with Crippen molar-refractivity contribution in [1.29, 1.82) is 0 Å². The molecule has 0 aliphatic carbocycles. The predicted molar refractivity (Wildman–Crippen MR) is 134 cm³/mol. The Balaban J connectivity index is 1.38. The average molecular weight is 437 g/mol. The van der Waals surface area contributed by atoms with Crippen LogP contribution in [0.15, 0.2) is 109 Å². The van der Waals surface area contributed by atoms with E-state index in [2.05, 4.69) is 59.2 Å². The maximum atomic E-state index is 12.6. The van der Waals surface area contributed by atoms with Gasteiger partial charge in [0.15, 0.2) is 0 Å². The van der Waals surface area contributed by atoms with E-state index in [1.54, 1.807) is 7.11 Å². The Morgan fingerprint density at radius 2 is 1.39 bits per heavy atom. The second kappa shape index (κ2) is 11.1. The first-order valence-corrected chi connectivity index (χ1v) is 11.1. The van der Waals surface area contributed by atoms with Gasteiger partial charge >= 0.3 is 0 Å². The number of ether oxygens (including phenoxy) is 1. The number of carbonyl (C=O) groups is 1. The Kier molecular flexibility index (Phi) is 7.52. The second-order valence-corrected chi connectivity index (χ2v) is 7.91. The summed E-state index contributed by atoms with van der Waals surface area (Å²) in [5.74, 6) is 0.622. The van der Waals surface area contributed by atoms with Crippen LogP contribution in [0, 0.1) is 0 Å². The van der Waals surface area contributed by atoms with Crippen molar-refractivity contribution in [2.24, 2.45) is 0 Å². The molecule has 0 bridgehead atoms. The van der Waals surface area contributed by atoms with E-state index in [0.29, 0.717) is 12.1 Å². The lowest BCUT2D eigenvalue weighted by molar-refractivity contribution is 0.102. The van der Waals surface area contributed by atoms with Crippen LogP contribution >= 0.6 is 0 Å². The van der Waals surface area contributed by atoms with Gasteiger partial charge in [0, 0.05) is 23.8 Å². The summed E-state index contributed by atoms with van der Waals surface area (Å²) < 4.78 is 5.15. The van der Waals surface area contributed by atoms with Crippen LogP contribution in [0.4, 0.5) is 5.69 Å². The highest BCUT2D eigenvalue weighted by atomic mass is 16.5. The molecule has 0 heterocycles. The smallest absolute Gasteiger partial charge is 0.255 e. The predicted octanol–water partition coefficient (Wildman–Crippen LogP) is 6.02. The first kappa shape index (κ1) is 22.3. The number of anilines is 1. The molecule has 0 aliphatic heterocycles. The van der Waals surface area contributed by atoms with Crippen molar-refractivity contribution in [2.45, 2.75) is 19.0 Å². The van der Waals surface area contributed by atoms with Gasteiger partial charge in [-0.05, 0) is 59.5 Å². The van der Waals surface area contributed by atoms with Crippen LogP contribution in [-0.4, -0.2) is 13.0 Å². The molecule has 4 heteroatoms. The van der Waals surface area contributed by atoms with E-state index < -0.39 is 0 Å². The topological polar surface area (TPSA) is 50.4 Å². The maximum absolute atomic E-state index is 12.6. The largest absolute Gasteiger partial charge is 0.497 e. The van der Waals surface area contributed by atoms with Gasteiger partial charge < -0.3 is 15.4 Å². The molecule has 1 amide bonds. The molecular formula is C29H28N2O2. The molecule has 166 valence electrons. The number of nitrogens with one attached hydrogen (secondary N) is 2. The minimum absolute atomic E-state index is 0.133. The molecule has 0 radical (unpaired) electrons. The molecule has 0 saturated carbocycles. The molecule has 4 rings (SSSR count). The monoisotopic (exact) mass is 436 g/mol. The van der Waals surface area contributed by atoms with Gasteiger partial charge in [-0.15, -0.1) is 0 Å². The van der Waals surface area contributed by atoms with Crippen LogP contribution < -0.4 is 15.4 Å². The standard InChI is InChI=1S/C29H28N2O2/c1-33-27-18-16-26(17-19-27)31-29(32)25-14-12-23(13-15-25)21-30-28(24-10-6-3-7-11-24)20-22-8-4-2-5-9-22/h2-19,28,30H,20-21H2,1H3,(H,31,32). The van der Waals surface area contributed by atoms with Crippen LogP contribution in [0.3, 0.4) is 0 Å².